The summed E-state index contributed by atoms with van der Waals surface area (Å²) in [5.74, 6) is 0.138. The van der Waals surface area contributed by atoms with Crippen molar-refractivity contribution >= 4 is 11.4 Å². The zero-order chi connectivity index (χ0) is 17.0. The van der Waals surface area contributed by atoms with Crippen molar-refractivity contribution in [2.75, 3.05) is 0 Å². The molecule has 24 heavy (non-hydrogen) atoms. The number of nitrogens with zero attached hydrogens (tertiary/aromatic N) is 2. The Morgan fingerprint density at radius 2 is 1.88 bits per heavy atom. The molecule has 0 spiro atoms. The topological polar surface area (TPSA) is 63.8 Å². The minimum absolute atomic E-state index is 0.316. The number of fused-ring (bicyclic) bond motifs is 3. The van der Waals surface area contributed by atoms with Crippen LogP contribution >= 0.6 is 0 Å². The van der Waals surface area contributed by atoms with Gasteiger partial charge in [0.25, 0.3) is 0 Å². The first-order valence-electron chi connectivity index (χ1n) is 7.91. The molecule has 5 heteroatoms. The summed E-state index contributed by atoms with van der Waals surface area (Å²) >= 11 is 0. The van der Waals surface area contributed by atoms with Crippen LogP contribution in [0, 0.1) is 20.8 Å². The Labute approximate surface area is 139 Å². The van der Waals surface area contributed by atoms with Gasteiger partial charge in [-0.1, -0.05) is 30.3 Å². The molecule has 5 nitrogen and oxygen atoms in total. The summed E-state index contributed by atoms with van der Waals surface area (Å²) in [6.07, 6.45) is -0.0762. The van der Waals surface area contributed by atoms with Crippen LogP contribution in [0.4, 0.5) is 0 Å². The number of hydrogen-bond donors (Lipinski definition) is 1. The molecule has 0 radical (unpaired) electrons. The Bertz CT molecular complexity index is 960. The van der Waals surface area contributed by atoms with E-state index in [4.69, 9.17) is 4.74 Å². The third-order valence-corrected chi connectivity index (χ3v) is 4.71. The third-order valence-electron chi connectivity index (χ3n) is 4.71. The molecule has 0 fully saturated rings. The Kier molecular flexibility index (Phi) is 3.21. The number of ether oxygens (including phenoxy) is 1. The largest absolute Gasteiger partial charge is 0.478 e. The number of Topliss-reactive ketones (excluding diaryl/α,β-unsaturated/α-hetero) is 1. The van der Waals surface area contributed by atoms with Gasteiger partial charge in [-0.15, -0.1) is 0 Å². The summed E-state index contributed by atoms with van der Waals surface area (Å²) in [5.41, 5.74) is 4.48. The number of rotatable bonds is 1. The highest BCUT2D eigenvalue weighted by Gasteiger charge is 2.39. The fourth-order valence-electron chi connectivity index (χ4n) is 3.28. The van der Waals surface area contributed by atoms with Gasteiger partial charge in [0.1, 0.15) is 0 Å². The summed E-state index contributed by atoms with van der Waals surface area (Å²) in [6.45, 7) is 5.76. The summed E-state index contributed by atoms with van der Waals surface area (Å²) < 4.78 is 8.05. The third kappa shape index (κ3) is 1.98. The van der Waals surface area contributed by atoms with Crippen LogP contribution in [-0.2, 0) is 0 Å². The second-order valence-corrected chi connectivity index (χ2v) is 6.25. The minimum Gasteiger partial charge on any atom is -0.478 e. The van der Waals surface area contributed by atoms with Gasteiger partial charge in [0.15, 0.2) is 29.4 Å². The van der Waals surface area contributed by atoms with Crippen molar-refractivity contribution in [3.8, 4) is 5.75 Å². The predicted octanol–water partition coefficient (Wildman–Crippen LogP) is 2.94. The van der Waals surface area contributed by atoms with Crippen molar-refractivity contribution in [3.05, 3.63) is 64.6 Å². The maximum atomic E-state index is 12.8. The molecule has 1 N–H and O–H groups in total. The highest BCUT2D eigenvalue weighted by atomic mass is 16.5. The van der Waals surface area contributed by atoms with Crippen LogP contribution in [-0.4, -0.2) is 26.4 Å². The molecular formula is C19H18N2O3. The average molecular weight is 322 g/mol. The number of aryl methyl sites for hydroxylation is 3. The van der Waals surface area contributed by atoms with Crippen molar-refractivity contribution in [2.24, 2.45) is 0 Å². The van der Waals surface area contributed by atoms with Gasteiger partial charge in [-0.3, -0.25) is 4.79 Å². The number of aliphatic hydroxyl groups excluding tert-OH is 1. The molecule has 0 saturated carbocycles. The van der Waals surface area contributed by atoms with Crippen molar-refractivity contribution in [2.45, 2.75) is 33.0 Å². The number of ketones is 1. The van der Waals surface area contributed by atoms with Crippen LogP contribution in [0.1, 0.15) is 39.0 Å². The Morgan fingerprint density at radius 1 is 1.17 bits per heavy atom. The number of pyridine rings is 1. The lowest BCUT2D eigenvalue weighted by atomic mass is 9.92. The SMILES string of the molecule is Cc1cn2c(C)c(C)nc2c2c1C(=O)[C@H](O)[C@@H](c1ccccc1)O2. The van der Waals surface area contributed by atoms with Crippen LogP contribution in [0.15, 0.2) is 36.5 Å². The number of carbonyl (C=O) groups excluding carboxylic acids is 1. The molecule has 4 rings (SSSR count). The summed E-state index contributed by atoms with van der Waals surface area (Å²) in [5, 5.41) is 10.5. The molecule has 3 heterocycles. The molecule has 2 atom stereocenters. The zero-order valence-corrected chi connectivity index (χ0v) is 13.8. The van der Waals surface area contributed by atoms with Gasteiger partial charge in [-0.05, 0) is 31.9 Å². The van der Waals surface area contributed by atoms with Gasteiger partial charge < -0.3 is 14.2 Å². The highest BCUT2D eigenvalue weighted by Crippen LogP contribution is 2.39. The maximum absolute atomic E-state index is 12.8. The van der Waals surface area contributed by atoms with E-state index in [1.54, 1.807) is 0 Å². The molecular weight excluding hydrogens is 304 g/mol. The van der Waals surface area contributed by atoms with Crippen LogP contribution in [0.2, 0.25) is 0 Å². The summed E-state index contributed by atoms with van der Waals surface area (Å²) in [6, 6.07) is 9.31. The number of hydrogen-bond acceptors (Lipinski definition) is 4. The number of aromatic nitrogens is 2. The van der Waals surface area contributed by atoms with E-state index < -0.39 is 12.2 Å². The number of benzene rings is 1. The number of imidazole rings is 1. The fraction of sp³-hybridized carbons (Fsp3) is 0.263. The van der Waals surface area contributed by atoms with E-state index >= 15 is 0 Å². The minimum atomic E-state index is -1.22. The first-order valence-corrected chi connectivity index (χ1v) is 7.91. The molecule has 122 valence electrons. The first kappa shape index (κ1) is 14.9. The van der Waals surface area contributed by atoms with E-state index in [1.807, 2.05) is 61.7 Å². The van der Waals surface area contributed by atoms with Gasteiger partial charge in [-0.2, -0.15) is 0 Å². The Hall–Kier alpha value is -2.66. The highest BCUT2D eigenvalue weighted by molar-refractivity contribution is 6.06. The van der Waals surface area contributed by atoms with E-state index in [-0.39, 0.29) is 5.78 Å². The first-order chi connectivity index (χ1) is 11.5. The van der Waals surface area contributed by atoms with Crippen molar-refractivity contribution < 1.29 is 14.6 Å². The summed E-state index contributed by atoms with van der Waals surface area (Å²) in [4.78, 5) is 17.3. The average Bonchev–Trinajstić information content (AvgIpc) is 2.86. The molecule has 0 aliphatic carbocycles. The molecule has 0 bridgehead atoms. The van der Waals surface area contributed by atoms with Crippen LogP contribution < -0.4 is 4.74 Å². The van der Waals surface area contributed by atoms with E-state index in [0.717, 1.165) is 22.5 Å². The van der Waals surface area contributed by atoms with E-state index in [2.05, 4.69) is 4.98 Å². The van der Waals surface area contributed by atoms with E-state index in [1.165, 1.54) is 0 Å². The molecule has 1 aliphatic rings. The molecule has 1 aromatic carbocycles. The smallest absolute Gasteiger partial charge is 0.199 e. The lowest BCUT2D eigenvalue weighted by Crippen LogP contribution is -2.37. The molecule has 0 amide bonds. The number of aliphatic hydroxyl groups is 1. The number of carbonyl (C=O) groups is 1. The van der Waals surface area contributed by atoms with Gasteiger partial charge in [0.05, 0.1) is 11.3 Å². The van der Waals surface area contributed by atoms with Crippen LogP contribution in [0.5, 0.6) is 5.75 Å². The fourth-order valence-corrected chi connectivity index (χ4v) is 3.28. The summed E-state index contributed by atoms with van der Waals surface area (Å²) in [7, 11) is 0. The van der Waals surface area contributed by atoms with Gasteiger partial charge >= 0.3 is 0 Å². The zero-order valence-electron chi connectivity index (χ0n) is 13.8. The molecule has 1 aliphatic heterocycles. The lowest BCUT2D eigenvalue weighted by Gasteiger charge is -2.30. The van der Waals surface area contributed by atoms with Crippen molar-refractivity contribution in [1.29, 1.82) is 0 Å². The maximum Gasteiger partial charge on any atom is 0.199 e. The second-order valence-electron chi connectivity index (χ2n) is 6.25. The Morgan fingerprint density at radius 3 is 2.58 bits per heavy atom. The van der Waals surface area contributed by atoms with Crippen LogP contribution in [0.3, 0.4) is 0 Å². The van der Waals surface area contributed by atoms with Gasteiger partial charge in [0, 0.05) is 11.9 Å². The molecule has 0 unspecified atom stereocenters. The second kappa shape index (κ2) is 5.18. The molecule has 0 saturated heterocycles. The van der Waals surface area contributed by atoms with Crippen molar-refractivity contribution in [3.63, 3.8) is 0 Å². The van der Waals surface area contributed by atoms with Gasteiger partial charge in [-0.25, -0.2) is 4.98 Å². The van der Waals surface area contributed by atoms with E-state index in [0.29, 0.717) is 17.0 Å². The van der Waals surface area contributed by atoms with Crippen molar-refractivity contribution in [1.82, 2.24) is 9.38 Å². The van der Waals surface area contributed by atoms with E-state index in [9.17, 15) is 9.90 Å². The lowest BCUT2D eigenvalue weighted by molar-refractivity contribution is 0.0219. The molecule has 2 aromatic heterocycles. The van der Waals surface area contributed by atoms with Crippen LogP contribution in [0.25, 0.3) is 5.65 Å². The van der Waals surface area contributed by atoms with Gasteiger partial charge in [0.2, 0.25) is 0 Å². The standard InChI is InChI=1S/C19H18N2O3/c1-10-9-21-12(3)11(2)20-19(21)18-14(10)15(22)16(23)17(24-18)13-7-5-4-6-8-13/h4-9,16-17,23H,1-3H3/t16-,17+/m0/s1. The Balaban J connectivity index is 1.97. The molecule has 3 aromatic rings. The monoisotopic (exact) mass is 322 g/mol. The normalized spacial score (nSPS) is 20.1. The predicted molar refractivity (Wildman–Crippen MR) is 89.6 cm³/mol. The quantitative estimate of drug-likeness (QED) is 0.748.